The molecule has 2 rings (SSSR count). The number of hydrogen-bond donors (Lipinski definition) is 1. The molecule has 1 aliphatic rings. The second-order valence-electron chi connectivity index (χ2n) is 5.51. The van der Waals surface area contributed by atoms with Gasteiger partial charge in [-0.1, -0.05) is 30.5 Å². The van der Waals surface area contributed by atoms with E-state index >= 15 is 0 Å². The molecule has 1 fully saturated rings. The average molecular weight is 262 g/mol. The number of aryl methyl sites for hydroxylation is 1. The van der Waals surface area contributed by atoms with Crippen molar-refractivity contribution in [2.75, 3.05) is 7.11 Å². The highest BCUT2D eigenvalue weighted by Crippen LogP contribution is 2.35. The van der Waals surface area contributed by atoms with E-state index in [2.05, 4.69) is 0 Å². The van der Waals surface area contributed by atoms with Crippen molar-refractivity contribution in [2.45, 2.75) is 39.0 Å². The molecule has 0 bridgehead atoms. The monoisotopic (exact) mass is 262 g/mol. The molecule has 19 heavy (non-hydrogen) atoms. The van der Waals surface area contributed by atoms with Crippen LogP contribution in [0, 0.1) is 18.8 Å². The van der Waals surface area contributed by atoms with Crippen LogP contribution in [-0.4, -0.2) is 18.2 Å². The van der Waals surface area contributed by atoms with Gasteiger partial charge in [0, 0.05) is 0 Å². The van der Waals surface area contributed by atoms with E-state index in [1.165, 1.54) is 12.8 Å². The van der Waals surface area contributed by atoms with Crippen molar-refractivity contribution in [2.24, 2.45) is 11.8 Å². The Morgan fingerprint density at radius 1 is 1.42 bits per heavy atom. The van der Waals surface area contributed by atoms with Crippen molar-refractivity contribution >= 4 is 5.97 Å². The molecule has 0 aliphatic heterocycles. The van der Waals surface area contributed by atoms with Gasteiger partial charge in [-0.05, 0) is 43.7 Å². The third kappa shape index (κ3) is 3.28. The number of carboxylic acid groups (broad SMARTS) is 1. The van der Waals surface area contributed by atoms with E-state index in [0.717, 1.165) is 29.7 Å². The van der Waals surface area contributed by atoms with Crippen LogP contribution in [0.25, 0.3) is 0 Å². The summed E-state index contributed by atoms with van der Waals surface area (Å²) in [4.78, 5) is 11.5. The lowest BCUT2D eigenvalue weighted by atomic mass is 9.85. The minimum atomic E-state index is -0.671. The second-order valence-corrected chi connectivity index (χ2v) is 5.51. The summed E-state index contributed by atoms with van der Waals surface area (Å²) in [5, 5.41) is 9.49. The van der Waals surface area contributed by atoms with Crippen LogP contribution in [0.2, 0.25) is 0 Å². The lowest BCUT2D eigenvalue weighted by Crippen LogP contribution is -2.24. The molecule has 1 unspecified atom stereocenters. The van der Waals surface area contributed by atoms with E-state index in [1.54, 1.807) is 7.11 Å². The van der Waals surface area contributed by atoms with Gasteiger partial charge in [-0.2, -0.15) is 0 Å². The molecule has 0 amide bonds. The molecular weight excluding hydrogens is 240 g/mol. The Kier molecular flexibility index (Phi) is 4.46. The zero-order valence-electron chi connectivity index (χ0n) is 11.7. The highest BCUT2D eigenvalue weighted by molar-refractivity contribution is 5.71. The first-order chi connectivity index (χ1) is 9.11. The smallest absolute Gasteiger partial charge is 0.307 e. The van der Waals surface area contributed by atoms with Gasteiger partial charge in [0.1, 0.15) is 5.75 Å². The fourth-order valence-electron chi connectivity index (χ4n) is 3.12. The minimum Gasteiger partial charge on any atom is -0.496 e. The summed E-state index contributed by atoms with van der Waals surface area (Å²) in [7, 11) is 1.64. The summed E-state index contributed by atoms with van der Waals surface area (Å²) in [6, 6.07) is 5.97. The Balaban J connectivity index is 2.20. The fourth-order valence-corrected chi connectivity index (χ4v) is 3.12. The Morgan fingerprint density at radius 2 is 2.11 bits per heavy atom. The van der Waals surface area contributed by atoms with E-state index in [0.29, 0.717) is 12.3 Å². The number of methoxy groups -OCH3 is 1. The van der Waals surface area contributed by atoms with Gasteiger partial charge < -0.3 is 9.84 Å². The van der Waals surface area contributed by atoms with Crippen LogP contribution in [-0.2, 0) is 11.2 Å². The predicted octanol–water partition coefficient (Wildman–Crippen LogP) is 3.44. The highest BCUT2D eigenvalue weighted by Gasteiger charge is 2.31. The SMILES string of the molecule is COc1ccc(C)cc1CC(C(=O)O)C1CCCC1. The Labute approximate surface area is 114 Å². The molecule has 0 spiro atoms. The molecule has 0 saturated heterocycles. The normalized spacial score (nSPS) is 17.4. The van der Waals surface area contributed by atoms with Gasteiger partial charge in [0.2, 0.25) is 0 Å². The molecule has 1 saturated carbocycles. The number of benzene rings is 1. The molecule has 1 N–H and O–H groups in total. The number of carbonyl (C=O) groups is 1. The number of aliphatic carboxylic acids is 1. The molecular formula is C16H22O3. The van der Waals surface area contributed by atoms with E-state index in [1.807, 2.05) is 25.1 Å². The van der Waals surface area contributed by atoms with Gasteiger partial charge in [-0.25, -0.2) is 0 Å². The number of ether oxygens (including phenoxy) is 1. The molecule has 0 aromatic heterocycles. The lowest BCUT2D eigenvalue weighted by Gasteiger charge is -2.20. The molecule has 1 atom stereocenters. The van der Waals surface area contributed by atoms with Crippen LogP contribution in [0.1, 0.15) is 36.8 Å². The van der Waals surface area contributed by atoms with Crippen LogP contribution in [0.5, 0.6) is 5.75 Å². The second kappa shape index (κ2) is 6.09. The maximum atomic E-state index is 11.5. The molecule has 3 heteroatoms. The first kappa shape index (κ1) is 13.9. The summed E-state index contributed by atoms with van der Waals surface area (Å²) in [6.07, 6.45) is 5.00. The van der Waals surface area contributed by atoms with Crippen LogP contribution < -0.4 is 4.74 Å². The third-order valence-corrected chi connectivity index (χ3v) is 4.16. The summed E-state index contributed by atoms with van der Waals surface area (Å²) in [6.45, 7) is 2.02. The molecule has 0 heterocycles. The standard InChI is InChI=1S/C16H22O3/c1-11-7-8-15(19-2)13(9-11)10-14(16(17)18)12-5-3-4-6-12/h7-9,12,14H,3-6,10H2,1-2H3,(H,17,18). The van der Waals surface area contributed by atoms with E-state index < -0.39 is 5.97 Å². The van der Waals surface area contributed by atoms with Crippen molar-refractivity contribution < 1.29 is 14.6 Å². The Bertz CT molecular complexity index is 447. The molecule has 1 aromatic rings. The molecule has 0 radical (unpaired) electrons. The predicted molar refractivity (Wildman–Crippen MR) is 74.5 cm³/mol. The largest absolute Gasteiger partial charge is 0.496 e. The summed E-state index contributed by atoms with van der Waals surface area (Å²) < 4.78 is 5.35. The highest BCUT2D eigenvalue weighted by atomic mass is 16.5. The zero-order valence-corrected chi connectivity index (χ0v) is 11.7. The summed E-state index contributed by atoms with van der Waals surface area (Å²) >= 11 is 0. The van der Waals surface area contributed by atoms with Gasteiger partial charge in [0.05, 0.1) is 13.0 Å². The van der Waals surface area contributed by atoms with Gasteiger partial charge in [-0.15, -0.1) is 0 Å². The van der Waals surface area contributed by atoms with Gasteiger partial charge >= 0.3 is 5.97 Å². The quantitative estimate of drug-likeness (QED) is 0.884. The number of carboxylic acids is 1. The van der Waals surface area contributed by atoms with Crippen LogP contribution >= 0.6 is 0 Å². The van der Waals surface area contributed by atoms with Crippen molar-refractivity contribution in [1.82, 2.24) is 0 Å². The molecule has 1 aromatic carbocycles. The summed E-state index contributed by atoms with van der Waals surface area (Å²) in [5.74, 6) is 0.172. The summed E-state index contributed by atoms with van der Waals surface area (Å²) in [5.41, 5.74) is 2.16. The maximum Gasteiger partial charge on any atom is 0.307 e. The topological polar surface area (TPSA) is 46.5 Å². The zero-order chi connectivity index (χ0) is 13.8. The van der Waals surface area contributed by atoms with E-state index in [-0.39, 0.29) is 5.92 Å². The van der Waals surface area contributed by atoms with Crippen molar-refractivity contribution in [3.63, 3.8) is 0 Å². The maximum absolute atomic E-state index is 11.5. The number of rotatable bonds is 5. The first-order valence-corrected chi connectivity index (χ1v) is 6.98. The van der Waals surface area contributed by atoms with Gasteiger partial charge in [0.15, 0.2) is 0 Å². The van der Waals surface area contributed by atoms with Crippen LogP contribution in [0.15, 0.2) is 18.2 Å². The molecule has 104 valence electrons. The van der Waals surface area contributed by atoms with Crippen molar-refractivity contribution in [1.29, 1.82) is 0 Å². The average Bonchev–Trinajstić information content (AvgIpc) is 2.89. The number of hydrogen-bond acceptors (Lipinski definition) is 2. The first-order valence-electron chi connectivity index (χ1n) is 6.98. The third-order valence-electron chi connectivity index (χ3n) is 4.16. The van der Waals surface area contributed by atoms with Crippen molar-refractivity contribution in [3.05, 3.63) is 29.3 Å². The fraction of sp³-hybridized carbons (Fsp3) is 0.562. The Morgan fingerprint density at radius 3 is 2.68 bits per heavy atom. The van der Waals surface area contributed by atoms with Crippen LogP contribution in [0.3, 0.4) is 0 Å². The van der Waals surface area contributed by atoms with E-state index in [4.69, 9.17) is 4.74 Å². The van der Waals surface area contributed by atoms with E-state index in [9.17, 15) is 9.90 Å². The van der Waals surface area contributed by atoms with Gasteiger partial charge in [0.25, 0.3) is 0 Å². The minimum absolute atomic E-state index is 0.279. The molecule has 3 nitrogen and oxygen atoms in total. The lowest BCUT2D eigenvalue weighted by molar-refractivity contribution is -0.143. The Hall–Kier alpha value is -1.51. The van der Waals surface area contributed by atoms with Crippen LogP contribution in [0.4, 0.5) is 0 Å². The van der Waals surface area contributed by atoms with Crippen molar-refractivity contribution in [3.8, 4) is 5.75 Å². The van der Waals surface area contributed by atoms with Gasteiger partial charge in [-0.3, -0.25) is 4.79 Å². The molecule has 1 aliphatic carbocycles.